The van der Waals surface area contributed by atoms with Crippen molar-refractivity contribution in [3.05, 3.63) is 75.9 Å². The maximum atomic E-state index is 13.8. The minimum atomic E-state index is -0.252. The number of likely N-dealkylation sites (tertiary alicyclic amines) is 1. The molecule has 1 atom stereocenters. The summed E-state index contributed by atoms with van der Waals surface area (Å²) in [6.45, 7) is 0.701. The van der Waals surface area contributed by atoms with E-state index in [1.54, 1.807) is 24.4 Å². The van der Waals surface area contributed by atoms with Crippen molar-refractivity contribution in [3.8, 4) is 0 Å². The molecule has 0 N–H and O–H groups in total. The van der Waals surface area contributed by atoms with E-state index in [1.165, 1.54) is 17.4 Å². The zero-order valence-electron chi connectivity index (χ0n) is 14.2. The monoisotopic (exact) mass is 370 g/mol. The Balaban J connectivity index is 1.55. The normalized spacial score (nSPS) is 17.4. The number of halogens is 1. The van der Waals surface area contributed by atoms with E-state index >= 15 is 0 Å². The maximum absolute atomic E-state index is 13.8. The van der Waals surface area contributed by atoms with Gasteiger partial charge in [0.1, 0.15) is 17.6 Å². The fraction of sp³-hybridized carbons (Fsp3) is 0.300. The first-order valence-corrected chi connectivity index (χ1v) is 9.63. The molecule has 26 heavy (non-hydrogen) atoms. The molecule has 0 saturated carbocycles. The smallest absolute Gasteiger partial charge is 0.264 e. The van der Waals surface area contributed by atoms with Crippen molar-refractivity contribution in [1.29, 1.82) is 0 Å². The fourth-order valence-electron chi connectivity index (χ4n) is 3.36. The minimum absolute atomic E-state index is 0.0264. The SMILES string of the molecule is O=C(c1cccs1)N1CCCCC1c1ncc(Cc2ccccc2F)o1. The second kappa shape index (κ2) is 7.41. The molecule has 6 heteroatoms. The van der Waals surface area contributed by atoms with Crippen LogP contribution in [0.5, 0.6) is 0 Å². The lowest BCUT2D eigenvalue weighted by molar-refractivity contribution is 0.0575. The lowest BCUT2D eigenvalue weighted by Gasteiger charge is -2.33. The first-order valence-electron chi connectivity index (χ1n) is 8.75. The van der Waals surface area contributed by atoms with Crippen LogP contribution in [0, 0.1) is 5.82 Å². The predicted molar refractivity (Wildman–Crippen MR) is 97.7 cm³/mol. The van der Waals surface area contributed by atoms with E-state index in [9.17, 15) is 9.18 Å². The molecule has 1 aromatic carbocycles. The summed E-state index contributed by atoms with van der Waals surface area (Å²) in [6, 6.07) is 10.2. The van der Waals surface area contributed by atoms with E-state index < -0.39 is 0 Å². The van der Waals surface area contributed by atoms with Crippen molar-refractivity contribution in [2.75, 3.05) is 6.54 Å². The molecule has 1 saturated heterocycles. The molecule has 3 aromatic rings. The Labute approximate surface area is 155 Å². The zero-order chi connectivity index (χ0) is 17.9. The van der Waals surface area contributed by atoms with Gasteiger partial charge in [-0.05, 0) is 42.3 Å². The number of aromatic nitrogens is 1. The third-order valence-electron chi connectivity index (χ3n) is 4.67. The number of piperidine rings is 1. The van der Waals surface area contributed by atoms with Crippen LogP contribution in [-0.2, 0) is 6.42 Å². The topological polar surface area (TPSA) is 46.3 Å². The van der Waals surface area contributed by atoms with Crippen LogP contribution >= 0.6 is 11.3 Å². The lowest BCUT2D eigenvalue weighted by Crippen LogP contribution is -2.38. The standard InChI is InChI=1S/C20H19FN2O2S/c21-16-7-2-1-6-14(16)12-15-13-22-19(25-15)17-8-3-4-10-23(17)20(24)18-9-5-11-26-18/h1-2,5-7,9,11,13,17H,3-4,8,10,12H2. The van der Waals surface area contributed by atoms with E-state index in [2.05, 4.69) is 4.98 Å². The molecule has 4 rings (SSSR count). The Kier molecular flexibility index (Phi) is 4.84. The number of rotatable bonds is 4. The van der Waals surface area contributed by atoms with Crippen molar-refractivity contribution in [3.63, 3.8) is 0 Å². The highest BCUT2D eigenvalue weighted by Crippen LogP contribution is 2.32. The van der Waals surface area contributed by atoms with Crippen molar-refractivity contribution in [1.82, 2.24) is 9.88 Å². The van der Waals surface area contributed by atoms with E-state index in [0.29, 0.717) is 30.2 Å². The molecule has 2 aromatic heterocycles. The summed E-state index contributed by atoms with van der Waals surface area (Å²) >= 11 is 1.45. The van der Waals surface area contributed by atoms with Crippen molar-refractivity contribution in [2.45, 2.75) is 31.7 Å². The molecule has 0 bridgehead atoms. The average molecular weight is 370 g/mol. The Morgan fingerprint density at radius 3 is 2.96 bits per heavy atom. The zero-order valence-corrected chi connectivity index (χ0v) is 15.0. The predicted octanol–water partition coefficient (Wildman–Crippen LogP) is 4.83. The van der Waals surface area contributed by atoms with Gasteiger partial charge >= 0.3 is 0 Å². The number of hydrogen-bond acceptors (Lipinski definition) is 4. The van der Waals surface area contributed by atoms with Crippen LogP contribution in [0.15, 0.2) is 52.4 Å². The van der Waals surface area contributed by atoms with Gasteiger partial charge in [-0.25, -0.2) is 9.37 Å². The number of nitrogens with zero attached hydrogens (tertiary/aromatic N) is 2. The molecule has 1 amide bonds. The van der Waals surface area contributed by atoms with Gasteiger partial charge in [0.15, 0.2) is 0 Å². The Morgan fingerprint density at radius 2 is 2.15 bits per heavy atom. The summed E-state index contributed by atoms with van der Waals surface area (Å²) in [7, 11) is 0. The summed E-state index contributed by atoms with van der Waals surface area (Å²) in [5.74, 6) is 0.927. The quantitative estimate of drug-likeness (QED) is 0.661. The number of oxazole rings is 1. The lowest BCUT2D eigenvalue weighted by atomic mass is 10.0. The van der Waals surface area contributed by atoms with E-state index in [-0.39, 0.29) is 17.8 Å². The number of carbonyl (C=O) groups excluding carboxylic acids is 1. The van der Waals surface area contributed by atoms with E-state index in [0.717, 1.165) is 24.1 Å². The van der Waals surface area contributed by atoms with Gasteiger partial charge in [0.2, 0.25) is 5.89 Å². The van der Waals surface area contributed by atoms with Crippen LogP contribution in [-0.4, -0.2) is 22.3 Å². The highest BCUT2D eigenvalue weighted by atomic mass is 32.1. The minimum Gasteiger partial charge on any atom is -0.443 e. The number of carbonyl (C=O) groups is 1. The van der Waals surface area contributed by atoms with Crippen LogP contribution in [0.3, 0.4) is 0 Å². The average Bonchev–Trinajstić information content (AvgIpc) is 3.35. The van der Waals surface area contributed by atoms with Crippen LogP contribution in [0.1, 0.15) is 52.2 Å². The van der Waals surface area contributed by atoms with Gasteiger partial charge in [-0.15, -0.1) is 11.3 Å². The molecular weight excluding hydrogens is 351 g/mol. The molecule has 3 heterocycles. The van der Waals surface area contributed by atoms with Gasteiger partial charge in [0.05, 0.1) is 11.1 Å². The maximum Gasteiger partial charge on any atom is 0.264 e. The fourth-order valence-corrected chi connectivity index (χ4v) is 4.04. The number of amides is 1. The van der Waals surface area contributed by atoms with Crippen LogP contribution in [0.25, 0.3) is 0 Å². The third kappa shape index (κ3) is 3.42. The largest absolute Gasteiger partial charge is 0.443 e. The van der Waals surface area contributed by atoms with E-state index in [1.807, 2.05) is 22.4 Å². The van der Waals surface area contributed by atoms with Gasteiger partial charge in [0.25, 0.3) is 5.91 Å². The van der Waals surface area contributed by atoms with Gasteiger partial charge in [0, 0.05) is 13.0 Å². The molecular formula is C20H19FN2O2S. The summed E-state index contributed by atoms with van der Waals surface area (Å²) in [4.78, 5) is 19.8. The highest BCUT2D eigenvalue weighted by molar-refractivity contribution is 7.12. The molecule has 0 aliphatic carbocycles. The Morgan fingerprint density at radius 1 is 1.27 bits per heavy atom. The molecule has 4 nitrogen and oxygen atoms in total. The summed E-state index contributed by atoms with van der Waals surface area (Å²) in [5.41, 5.74) is 0.574. The third-order valence-corrected chi connectivity index (χ3v) is 5.53. The van der Waals surface area contributed by atoms with Crippen molar-refractivity contribution >= 4 is 17.2 Å². The first-order chi connectivity index (χ1) is 12.7. The molecule has 1 aliphatic heterocycles. The molecule has 0 spiro atoms. The molecule has 1 unspecified atom stereocenters. The van der Waals surface area contributed by atoms with Crippen LogP contribution in [0.4, 0.5) is 4.39 Å². The number of benzene rings is 1. The molecule has 1 fully saturated rings. The number of hydrogen-bond donors (Lipinski definition) is 0. The van der Waals surface area contributed by atoms with Crippen molar-refractivity contribution in [2.24, 2.45) is 0 Å². The Bertz CT molecular complexity index is 891. The van der Waals surface area contributed by atoms with Gasteiger partial charge < -0.3 is 9.32 Å². The highest BCUT2D eigenvalue weighted by Gasteiger charge is 2.32. The van der Waals surface area contributed by atoms with Gasteiger partial charge in [-0.3, -0.25) is 4.79 Å². The summed E-state index contributed by atoms with van der Waals surface area (Å²) in [5, 5.41) is 1.91. The van der Waals surface area contributed by atoms with Gasteiger partial charge in [-0.1, -0.05) is 24.3 Å². The van der Waals surface area contributed by atoms with Crippen molar-refractivity contribution < 1.29 is 13.6 Å². The van der Waals surface area contributed by atoms with E-state index in [4.69, 9.17) is 4.42 Å². The second-order valence-electron chi connectivity index (χ2n) is 6.42. The first kappa shape index (κ1) is 17.0. The molecule has 0 radical (unpaired) electrons. The van der Waals surface area contributed by atoms with Crippen LogP contribution < -0.4 is 0 Å². The number of thiophene rings is 1. The van der Waals surface area contributed by atoms with Crippen LogP contribution in [0.2, 0.25) is 0 Å². The Hall–Kier alpha value is -2.47. The second-order valence-corrected chi connectivity index (χ2v) is 7.37. The molecule has 134 valence electrons. The van der Waals surface area contributed by atoms with Gasteiger partial charge in [-0.2, -0.15) is 0 Å². The molecule has 1 aliphatic rings. The summed E-state index contributed by atoms with van der Waals surface area (Å²) < 4.78 is 19.8. The summed E-state index contributed by atoms with van der Waals surface area (Å²) in [6.07, 6.45) is 4.84.